The largest absolute Gasteiger partial charge is 0.478 e. The van der Waals surface area contributed by atoms with Crippen molar-refractivity contribution >= 4 is 40.4 Å². The van der Waals surface area contributed by atoms with Gasteiger partial charge in [-0.15, -0.1) is 11.3 Å². The Morgan fingerprint density at radius 1 is 1.27 bits per heavy atom. The normalized spacial score (nSPS) is 10.9. The van der Waals surface area contributed by atoms with E-state index >= 15 is 0 Å². The Labute approximate surface area is 182 Å². The van der Waals surface area contributed by atoms with Gasteiger partial charge in [0.15, 0.2) is 0 Å². The fourth-order valence-electron chi connectivity index (χ4n) is 3.30. The van der Waals surface area contributed by atoms with Crippen LogP contribution in [0.1, 0.15) is 28.5 Å². The molecule has 0 aliphatic heterocycles. The Morgan fingerprint density at radius 2 is 2.07 bits per heavy atom. The van der Waals surface area contributed by atoms with Gasteiger partial charge in [0.2, 0.25) is 0 Å². The molecule has 0 amide bonds. The Hall–Kier alpha value is -3.16. The van der Waals surface area contributed by atoms with Gasteiger partial charge in [-0.25, -0.2) is 14.5 Å². The molecule has 2 aromatic carbocycles. The summed E-state index contributed by atoms with van der Waals surface area (Å²) in [4.78, 5) is 16.3. The highest BCUT2D eigenvalue weighted by molar-refractivity contribution is 7.13. The number of carbonyl (C=O) groups is 1. The molecule has 6 nitrogen and oxygen atoms in total. The fraction of sp³-hybridized carbons (Fsp3) is 0.136. The van der Waals surface area contributed by atoms with Crippen LogP contribution in [0.25, 0.3) is 16.3 Å². The van der Waals surface area contributed by atoms with Gasteiger partial charge in [-0.3, -0.25) is 0 Å². The van der Waals surface area contributed by atoms with Crippen LogP contribution in [-0.2, 0) is 6.42 Å². The van der Waals surface area contributed by atoms with Crippen molar-refractivity contribution in [1.29, 1.82) is 0 Å². The summed E-state index contributed by atoms with van der Waals surface area (Å²) in [5.74, 6) is -0.394. The Morgan fingerprint density at radius 3 is 2.73 bits per heavy atom. The van der Waals surface area contributed by atoms with Crippen LogP contribution in [0.5, 0.6) is 0 Å². The zero-order chi connectivity index (χ0) is 21.3. The lowest BCUT2D eigenvalue weighted by atomic mass is 10.1. The molecule has 4 rings (SSSR count). The van der Waals surface area contributed by atoms with E-state index in [9.17, 15) is 9.90 Å². The molecule has 2 heterocycles. The summed E-state index contributed by atoms with van der Waals surface area (Å²) in [7, 11) is 0. The van der Waals surface area contributed by atoms with Gasteiger partial charge in [-0.2, -0.15) is 5.10 Å². The van der Waals surface area contributed by atoms with Gasteiger partial charge in [0.25, 0.3) is 0 Å². The molecule has 0 saturated carbocycles. The highest BCUT2D eigenvalue weighted by atomic mass is 35.5. The minimum Gasteiger partial charge on any atom is -0.478 e. The highest BCUT2D eigenvalue weighted by Gasteiger charge is 2.23. The molecular formula is C22H19ClN4O2S. The molecule has 4 aromatic rings. The Kier molecular flexibility index (Phi) is 5.57. The molecule has 0 fully saturated rings. The number of halogens is 1. The summed E-state index contributed by atoms with van der Waals surface area (Å²) >= 11 is 7.55. The summed E-state index contributed by atoms with van der Waals surface area (Å²) in [6, 6.07) is 12.7. The first-order valence-corrected chi connectivity index (χ1v) is 10.6. The number of hydrogen-bond acceptors (Lipinski definition) is 5. The molecule has 0 spiro atoms. The van der Waals surface area contributed by atoms with Crippen molar-refractivity contribution in [3.63, 3.8) is 0 Å². The second-order valence-electron chi connectivity index (χ2n) is 6.68. The molecule has 0 bridgehead atoms. The summed E-state index contributed by atoms with van der Waals surface area (Å²) in [6.07, 6.45) is 2.45. The number of para-hydroxylation sites is 1. The van der Waals surface area contributed by atoms with Crippen molar-refractivity contribution < 1.29 is 9.90 Å². The van der Waals surface area contributed by atoms with Gasteiger partial charge in [0.05, 0.1) is 28.2 Å². The molecule has 0 aliphatic rings. The van der Waals surface area contributed by atoms with Crippen LogP contribution in [0.2, 0.25) is 5.02 Å². The number of hydrogen-bond donors (Lipinski definition) is 2. The molecule has 8 heteroatoms. The van der Waals surface area contributed by atoms with Crippen molar-refractivity contribution in [2.45, 2.75) is 20.3 Å². The number of aromatic nitrogens is 3. The first-order chi connectivity index (χ1) is 14.5. The van der Waals surface area contributed by atoms with E-state index in [0.717, 1.165) is 27.5 Å². The van der Waals surface area contributed by atoms with E-state index in [1.54, 1.807) is 18.3 Å². The molecule has 0 radical (unpaired) electrons. The van der Waals surface area contributed by atoms with Gasteiger partial charge in [0.1, 0.15) is 10.8 Å². The van der Waals surface area contributed by atoms with Crippen molar-refractivity contribution in [3.05, 3.63) is 75.9 Å². The third kappa shape index (κ3) is 3.69. The van der Waals surface area contributed by atoms with Crippen molar-refractivity contribution in [2.24, 2.45) is 0 Å². The topological polar surface area (TPSA) is 80.0 Å². The van der Waals surface area contributed by atoms with Crippen LogP contribution in [0.4, 0.5) is 11.5 Å². The maximum atomic E-state index is 11.8. The van der Waals surface area contributed by atoms with E-state index in [4.69, 9.17) is 16.7 Å². The number of nitrogens with zero attached hydrogens (tertiary/aromatic N) is 3. The average Bonchev–Trinajstić information content (AvgIpc) is 3.37. The van der Waals surface area contributed by atoms with Crippen molar-refractivity contribution in [2.75, 3.05) is 5.32 Å². The lowest BCUT2D eigenvalue weighted by Crippen LogP contribution is -2.08. The van der Waals surface area contributed by atoms with Crippen LogP contribution >= 0.6 is 22.9 Å². The monoisotopic (exact) mass is 438 g/mol. The van der Waals surface area contributed by atoms with Crippen LogP contribution in [0.3, 0.4) is 0 Å². The number of aryl methyl sites for hydroxylation is 2. The van der Waals surface area contributed by atoms with Crippen LogP contribution in [-0.4, -0.2) is 25.8 Å². The zero-order valence-electron chi connectivity index (χ0n) is 16.4. The van der Waals surface area contributed by atoms with Crippen molar-refractivity contribution in [3.8, 4) is 16.3 Å². The van der Waals surface area contributed by atoms with Crippen LogP contribution in [0.15, 0.2) is 54.0 Å². The number of carboxylic acid groups (broad SMARTS) is 1. The fourth-order valence-corrected chi connectivity index (χ4v) is 4.18. The number of anilines is 2. The van der Waals surface area contributed by atoms with E-state index in [-0.39, 0.29) is 5.56 Å². The van der Waals surface area contributed by atoms with E-state index in [1.165, 1.54) is 17.4 Å². The van der Waals surface area contributed by atoms with Crippen LogP contribution in [0, 0.1) is 6.92 Å². The maximum Gasteiger partial charge on any atom is 0.337 e. The number of benzene rings is 2. The third-order valence-electron chi connectivity index (χ3n) is 4.75. The second kappa shape index (κ2) is 8.30. The SMILES string of the molecule is CCc1nn(-c2ccccc2C)c(Nc2ccc(Cl)cc2C(=O)O)c1-c1nccs1. The second-order valence-corrected chi connectivity index (χ2v) is 8.01. The smallest absolute Gasteiger partial charge is 0.337 e. The number of aromatic carboxylic acids is 1. The summed E-state index contributed by atoms with van der Waals surface area (Å²) < 4.78 is 1.82. The quantitative estimate of drug-likeness (QED) is 0.388. The zero-order valence-corrected chi connectivity index (χ0v) is 18.0. The summed E-state index contributed by atoms with van der Waals surface area (Å²) in [6.45, 7) is 4.05. The highest BCUT2D eigenvalue weighted by Crippen LogP contribution is 2.38. The predicted octanol–water partition coefficient (Wildman–Crippen LogP) is 5.96. The van der Waals surface area contributed by atoms with Gasteiger partial charge in [-0.1, -0.05) is 36.7 Å². The lowest BCUT2D eigenvalue weighted by Gasteiger charge is -2.15. The van der Waals surface area contributed by atoms with Gasteiger partial charge < -0.3 is 10.4 Å². The minimum absolute atomic E-state index is 0.0863. The minimum atomic E-state index is -1.06. The Bertz CT molecular complexity index is 1220. The molecule has 0 atom stereocenters. The maximum absolute atomic E-state index is 11.8. The molecule has 0 unspecified atom stereocenters. The molecule has 0 saturated heterocycles. The average molecular weight is 439 g/mol. The lowest BCUT2D eigenvalue weighted by molar-refractivity contribution is 0.0698. The molecule has 30 heavy (non-hydrogen) atoms. The standard InChI is InChI=1S/C22H19ClN4O2S/c1-3-16-19(21-24-10-11-30-21)20(27(26-16)18-7-5-4-6-13(18)2)25-17-9-8-14(23)12-15(17)22(28)29/h4-12,25H,3H2,1-2H3,(H,28,29). The van der Waals surface area contributed by atoms with Gasteiger partial charge in [0, 0.05) is 16.6 Å². The van der Waals surface area contributed by atoms with Crippen molar-refractivity contribution in [1.82, 2.24) is 14.8 Å². The van der Waals surface area contributed by atoms with E-state index in [1.807, 2.05) is 48.2 Å². The van der Waals surface area contributed by atoms with Gasteiger partial charge >= 0.3 is 5.97 Å². The van der Waals surface area contributed by atoms with E-state index < -0.39 is 5.97 Å². The predicted molar refractivity (Wildman–Crippen MR) is 120 cm³/mol. The number of nitrogens with one attached hydrogen (secondary N) is 1. The Balaban J connectivity index is 1.97. The summed E-state index contributed by atoms with van der Waals surface area (Å²) in [5, 5.41) is 20.9. The third-order valence-corrected chi connectivity index (χ3v) is 5.77. The van der Waals surface area contributed by atoms with E-state index in [2.05, 4.69) is 10.3 Å². The molecule has 2 N–H and O–H groups in total. The molecule has 0 aliphatic carbocycles. The molecular weight excluding hydrogens is 420 g/mol. The number of rotatable bonds is 6. The van der Waals surface area contributed by atoms with E-state index in [0.29, 0.717) is 22.9 Å². The number of thiazole rings is 1. The summed E-state index contributed by atoms with van der Waals surface area (Å²) in [5.41, 5.74) is 4.21. The van der Waals surface area contributed by atoms with Gasteiger partial charge in [-0.05, 0) is 43.2 Å². The molecule has 2 aromatic heterocycles. The number of carboxylic acids is 1. The van der Waals surface area contributed by atoms with Crippen LogP contribution < -0.4 is 5.32 Å². The molecule has 152 valence electrons. The first-order valence-electron chi connectivity index (χ1n) is 9.37. The first kappa shape index (κ1) is 20.1.